The van der Waals surface area contributed by atoms with Crippen molar-refractivity contribution >= 4 is 40.7 Å². The maximum atomic E-state index is 12.1. The van der Waals surface area contributed by atoms with Crippen LogP contribution in [0.25, 0.3) is 0 Å². The molecule has 0 aliphatic heterocycles. The molecule has 0 spiro atoms. The van der Waals surface area contributed by atoms with Gasteiger partial charge in [-0.2, -0.15) is 0 Å². The van der Waals surface area contributed by atoms with Crippen molar-refractivity contribution in [1.29, 1.82) is 0 Å². The highest BCUT2D eigenvalue weighted by Gasteiger charge is 2.02. The molecular weight excluding hydrogens is 459 g/mol. The summed E-state index contributed by atoms with van der Waals surface area (Å²) in [5.41, 5.74) is 2.15. The summed E-state index contributed by atoms with van der Waals surface area (Å²) in [4.78, 5) is 8.81. The Bertz CT molecular complexity index is 668. The maximum Gasteiger partial charge on any atom is 0.191 e. The zero-order valence-corrected chi connectivity index (χ0v) is 18.2. The fraction of sp³-hybridized carbons (Fsp3) is 0.368. The minimum Gasteiger partial charge on any atom is -0.357 e. The normalized spacial score (nSPS) is 12.1. The van der Waals surface area contributed by atoms with E-state index in [9.17, 15) is 4.21 Å². The highest BCUT2D eigenvalue weighted by atomic mass is 127. The molecule has 1 heterocycles. The summed E-state index contributed by atoms with van der Waals surface area (Å²) in [6.07, 6.45) is 2.64. The monoisotopic (exact) mass is 486 g/mol. The zero-order valence-electron chi connectivity index (χ0n) is 15.1. The van der Waals surface area contributed by atoms with Crippen molar-refractivity contribution in [1.82, 2.24) is 15.6 Å². The predicted octanol–water partition coefficient (Wildman–Crippen LogP) is 2.75. The Labute approximate surface area is 175 Å². The molecular formula is C19H27IN4OS. The molecule has 142 valence electrons. The first kappa shape index (κ1) is 22.6. The lowest BCUT2D eigenvalue weighted by molar-refractivity contribution is 0.682. The summed E-state index contributed by atoms with van der Waals surface area (Å²) in [6.45, 7) is 4.13. The van der Waals surface area contributed by atoms with Gasteiger partial charge in [-0.25, -0.2) is 0 Å². The van der Waals surface area contributed by atoms with Crippen LogP contribution in [0.5, 0.6) is 0 Å². The van der Waals surface area contributed by atoms with Crippen LogP contribution in [0.3, 0.4) is 0 Å². The standard InChI is InChI=1S/C19H26N4OS.HI/c1-2-20-19(22-13-11-18-10-6-7-12-21-18)23-14-15-25(24)16-17-8-4-3-5-9-17;/h3-10,12H,2,11,13-16H2,1H3,(H2,20,22,23);1H. The summed E-state index contributed by atoms with van der Waals surface area (Å²) in [5, 5.41) is 6.50. The van der Waals surface area contributed by atoms with Gasteiger partial charge in [-0.3, -0.25) is 14.2 Å². The molecule has 1 unspecified atom stereocenters. The number of hydrogen-bond acceptors (Lipinski definition) is 3. The molecule has 0 aliphatic carbocycles. The molecule has 2 aromatic rings. The lowest BCUT2D eigenvalue weighted by Gasteiger charge is -2.11. The number of aromatic nitrogens is 1. The molecule has 2 rings (SSSR count). The van der Waals surface area contributed by atoms with Crippen LogP contribution >= 0.6 is 24.0 Å². The number of halogens is 1. The highest BCUT2D eigenvalue weighted by molar-refractivity contribution is 14.0. The van der Waals surface area contributed by atoms with Gasteiger partial charge in [0.25, 0.3) is 0 Å². The van der Waals surface area contributed by atoms with E-state index < -0.39 is 10.8 Å². The van der Waals surface area contributed by atoms with Crippen LogP contribution in [-0.4, -0.2) is 40.5 Å². The molecule has 26 heavy (non-hydrogen) atoms. The van der Waals surface area contributed by atoms with E-state index in [-0.39, 0.29) is 24.0 Å². The first-order valence-electron chi connectivity index (χ1n) is 8.59. The van der Waals surface area contributed by atoms with Crippen molar-refractivity contribution in [3.63, 3.8) is 0 Å². The maximum absolute atomic E-state index is 12.1. The van der Waals surface area contributed by atoms with Crippen molar-refractivity contribution in [2.45, 2.75) is 19.1 Å². The Balaban J connectivity index is 0.00000338. The molecule has 0 bridgehead atoms. The average molecular weight is 486 g/mol. The minimum absolute atomic E-state index is 0. The van der Waals surface area contributed by atoms with E-state index in [2.05, 4.69) is 20.6 Å². The highest BCUT2D eigenvalue weighted by Crippen LogP contribution is 2.02. The van der Waals surface area contributed by atoms with E-state index in [4.69, 9.17) is 0 Å². The Morgan fingerprint density at radius 3 is 2.58 bits per heavy atom. The molecule has 7 heteroatoms. The molecule has 0 radical (unpaired) electrons. The number of aliphatic imine (C=N–C) groups is 1. The van der Waals surface area contributed by atoms with Crippen LogP contribution in [0, 0.1) is 0 Å². The smallest absolute Gasteiger partial charge is 0.191 e. The molecule has 0 saturated heterocycles. The van der Waals surface area contributed by atoms with Gasteiger partial charge in [0.15, 0.2) is 5.96 Å². The van der Waals surface area contributed by atoms with Gasteiger partial charge >= 0.3 is 0 Å². The number of hydrogen-bond donors (Lipinski definition) is 2. The first-order chi connectivity index (χ1) is 12.3. The topological polar surface area (TPSA) is 66.4 Å². The van der Waals surface area contributed by atoms with Crippen LogP contribution in [-0.2, 0) is 23.0 Å². The second-order valence-corrected chi connectivity index (χ2v) is 7.11. The van der Waals surface area contributed by atoms with E-state index in [0.29, 0.717) is 18.1 Å². The number of benzene rings is 1. The van der Waals surface area contributed by atoms with Crippen molar-refractivity contribution in [3.8, 4) is 0 Å². The molecule has 1 atom stereocenters. The average Bonchev–Trinajstić information content (AvgIpc) is 2.63. The van der Waals surface area contributed by atoms with Gasteiger partial charge in [0.1, 0.15) is 0 Å². The lowest BCUT2D eigenvalue weighted by atomic mass is 10.2. The van der Waals surface area contributed by atoms with Gasteiger partial charge < -0.3 is 10.6 Å². The summed E-state index contributed by atoms with van der Waals surface area (Å²) in [5.74, 6) is 1.90. The third-order valence-electron chi connectivity index (χ3n) is 3.50. The summed E-state index contributed by atoms with van der Waals surface area (Å²) >= 11 is 0. The molecule has 0 amide bonds. The zero-order chi connectivity index (χ0) is 17.7. The third kappa shape index (κ3) is 9.28. The Kier molecular flexibility index (Phi) is 11.9. The predicted molar refractivity (Wildman–Crippen MR) is 120 cm³/mol. The number of guanidine groups is 1. The lowest BCUT2D eigenvalue weighted by Crippen LogP contribution is -2.38. The Morgan fingerprint density at radius 2 is 1.88 bits per heavy atom. The molecule has 0 aliphatic rings. The third-order valence-corrected chi connectivity index (χ3v) is 4.80. The van der Waals surface area contributed by atoms with E-state index in [1.807, 2.05) is 55.5 Å². The van der Waals surface area contributed by atoms with Gasteiger partial charge in [-0.05, 0) is 24.6 Å². The Morgan fingerprint density at radius 1 is 1.12 bits per heavy atom. The first-order valence-corrected chi connectivity index (χ1v) is 10.1. The number of nitrogens with zero attached hydrogens (tertiary/aromatic N) is 2. The van der Waals surface area contributed by atoms with Gasteiger partial charge in [-0.1, -0.05) is 36.4 Å². The van der Waals surface area contributed by atoms with Gasteiger partial charge in [0.05, 0.1) is 6.54 Å². The molecule has 1 aromatic carbocycles. The Hall–Kier alpha value is -1.48. The van der Waals surface area contributed by atoms with Crippen LogP contribution in [0.4, 0.5) is 0 Å². The molecule has 0 saturated carbocycles. The van der Waals surface area contributed by atoms with Crippen LogP contribution in [0.1, 0.15) is 18.2 Å². The van der Waals surface area contributed by atoms with Gasteiger partial charge in [0.2, 0.25) is 0 Å². The number of rotatable bonds is 9. The number of nitrogens with one attached hydrogen (secondary N) is 2. The fourth-order valence-corrected chi connectivity index (χ4v) is 3.29. The second kappa shape index (κ2) is 13.7. The largest absolute Gasteiger partial charge is 0.357 e. The van der Waals surface area contributed by atoms with Crippen LogP contribution in [0.2, 0.25) is 0 Å². The van der Waals surface area contributed by atoms with Crippen molar-refractivity contribution in [3.05, 3.63) is 66.0 Å². The van der Waals surface area contributed by atoms with E-state index >= 15 is 0 Å². The summed E-state index contributed by atoms with van der Waals surface area (Å²) in [6, 6.07) is 15.8. The summed E-state index contributed by atoms with van der Waals surface area (Å²) in [7, 11) is -0.899. The summed E-state index contributed by atoms with van der Waals surface area (Å²) < 4.78 is 12.1. The molecule has 0 fully saturated rings. The van der Waals surface area contributed by atoms with Gasteiger partial charge in [-0.15, -0.1) is 24.0 Å². The molecule has 5 nitrogen and oxygen atoms in total. The fourth-order valence-electron chi connectivity index (χ4n) is 2.29. The van der Waals surface area contributed by atoms with Crippen LogP contribution < -0.4 is 10.6 Å². The van der Waals surface area contributed by atoms with Gasteiger partial charge in [0, 0.05) is 53.7 Å². The van der Waals surface area contributed by atoms with Crippen molar-refractivity contribution in [2.24, 2.45) is 4.99 Å². The van der Waals surface area contributed by atoms with E-state index in [1.165, 1.54) is 0 Å². The van der Waals surface area contributed by atoms with Crippen molar-refractivity contribution < 1.29 is 4.21 Å². The molecule has 2 N–H and O–H groups in total. The van der Waals surface area contributed by atoms with Crippen molar-refractivity contribution in [2.75, 3.05) is 25.4 Å². The SMILES string of the molecule is CCNC(=NCCS(=O)Cc1ccccc1)NCCc1ccccn1.I. The van der Waals surface area contributed by atoms with E-state index in [0.717, 1.165) is 36.7 Å². The van der Waals surface area contributed by atoms with E-state index in [1.54, 1.807) is 6.20 Å². The molecule has 1 aromatic heterocycles. The quantitative estimate of drug-likeness (QED) is 0.325. The second-order valence-electron chi connectivity index (χ2n) is 5.53. The number of pyridine rings is 1. The van der Waals surface area contributed by atoms with Crippen LogP contribution in [0.15, 0.2) is 59.7 Å². The minimum atomic E-state index is -0.899.